The fourth-order valence-corrected chi connectivity index (χ4v) is 4.66. The predicted octanol–water partition coefficient (Wildman–Crippen LogP) is 4.04. The molecular formula is C27H20F2N8O2. The van der Waals surface area contributed by atoms with E-state index in [-0.39, 0.29) is 23.0 Å². The summed E-state index contributed by atoms with van der Waals surface area (Å²) in [6.07, 6.45) is 7.39. The molecule has 0 aliphatic carbocycles. The van der Waals surface area contributed by atoms with Crippen molar-refractivity contribution in [2.24, 2.45) is 0 Å². The topological polar surface area (TPSA) is 126 Å². The number of halogens is 2. The Kier molecular flexibility index (Phi) is 5.71. The number of nitrogens with zero attached hydrogens (tertiary/aromatic N) is 7. The van der Waals surface area contributed by atoms with E-state index in [1.165, 1.54) is 43.8 Å². The van der Waals surface area contributed by atoms with Gasteiger partial charge in [-0.2, -0.15) is 0 Å². The molecule has 1 aromatic carbocycles. The number of anilines is 1. The first-order valence-electron chi connectivity index (χ1n) is 11.8. The highest BCUT2D eigenvalue weighted by atomic mass is 19.1. The zero-order valence-electron chi connectivity index (χ0n) is 20.7. The van der Waals surface area contributed by atoms with E-state index >= 15 is 0 Å². The number of nitrogen functional groups attached to an aromatic ring is 1. The summed E-state index contributed by atoms with van der Waals surface area (Å²) in [5, 5.41) is 0.560. The van der Waals surface area contributed by atoms with Crippen LogP contribution in [0.4, 0.5) is 14.6 Å². The molecule has 5 heterocycles. The second-order valence-corrected chi connectivity index (χ2v) is 8.81. The first-order chi connectivity index (χ1) is 18.9. The maximum Gasteiger partial charge on any atom is 0.316 e. The molecule has 39 heavy (non-hydrogen) atoms. The third kappa shape index (κ3) is 4.02. The quantitative estimate of drug-likeness (QED) is 0.357. The SMILES string of the molecule is COc1ncc(-c2cn([C@H](C)c3nc4ccc(F)cn4c(=O)c3-c3cccc(F)c3)c3ncnc(N)c23)cn1. The first kappa shape index (κ1) is 24.1. The van der Waals surface area contributed by atoms with Crippen molar-refractivity contribution in [1.82, 2.24) is 33.9 Å². The molecule has 0 bridgehead atoms. The van der Waals surface area contributed by atoms with Crippen LogP contribution in [0.25, 0.3) is 38.9 Å². The molecule has 0 saturated heterocycles. The molecule has 1 atom stereocenters. The molecule has 0 saturated carbocycles. The van der Waals surface area contributed by atoms with Gasteiger partial charge in [0.1, 0.15) is 35.1 Å². The summed E-state index contributed by atoms with van der Waals surface area (Å²) in [7, 11) is 1.47. The van der Waals surface area contributed by atoms with Gasteiger partial charge in [-0.25, -0.2) is 33.7 Å². The van der Waals surface area contributed by atoms with Crippen LogP contribution in [0.2, 0.25) is 0 Å². The molecule has 0 aliphatic rings. The molecule has 12 heteroatoms. The Bertz CT molecular complexity index is 1940. The summed E-state index contributed by atoms with van der Waals surface area (Å²) >= 11 is 0. The zero-order valence-corrected chi connectivity index (χ0v) is 20.7. The lowest BCUT2D eigenvalue weighted by Crippen LogP contribution is -2.23. The van der Waals surface area contributed by atoms with Crippen LogP contribution in [0.3, 0.4) is 0 Å². The molecular weight excluding hydrogens is 506 g/mol. The lowest BCUT2D eigenvalue weighted by molar-refractivity contribution is 0.380. The van der Waals surface area contributed by atoms with E-state index in [2.05, 4.69) is 19.9 Å². The molecule has 6 rings (SSSR count). The molecule has 0 fully saturated rings. The van der Waals surface area contributed by atoms with E-state index < -0.39 is 23.2 Å². The molecule has 0 aliphatic heterocycles. The minimum atomic E-state index is -0.604. The van der Waals surface area contributed by atoms with Crippen molar-refractivity contribution < 1.29 is 13.5 Å². The number of nitrogens with two attached hydrogens (primary N) is 1. The molecule has 194 valence electrons. The summed E-state index contributed by atoms with van der Waals surface area (Å²) in [6, 6.07) is 7.87. The molecule has 10 nitrogen and oxygen atoms in total. The van der Waals surface area contributed by atoms with E-state index in [0.717, 1.165) is 10.6 Å². The van der Waals surface area contributed by atoms with E-state index in [1.54, 1.807) is 29.2 Å². The van der Waals surface area contributed by atoms with Crippen LogP contribution in [0.15, 0.2) is 72.3 Å². The Hall–Kier alpha value is -5.26. The van der Waals surface area contributed by atoms with Crippen LogP contribution in [0.1, 0.15) is 18.7 Å². The molecule has 0 radical (unpaired) electrons. The maximum absolute atomic E-state index is 14.3. The van der Waals surface area contributed by atoms with E-state index in [0.29, 0.717) is 33.4 Å². The molecule has 0 amide bonds. The predicted molar refractivity (Wildman–Crippen MR) is 140 cm³/mol. The lowest BCUT2D eigenvalue weighted by atomic mass is 10.0. The lowest BCUT2D eigenvalue weighted by Gasteiger charge is -2.19. The number of aromatic nitrogens is 7. The summed E-state index contributed by atoms with van der Waals surface area (Å²) in [5.41, 5.74) is 8.52. The van der Waals surface area contributed by atoms with E-state index in [1.807, 2.05) is 6.92 Å². The van der Waals surface area contributed by atoms with Crippen molar-refractivity contribution in [3.63, 3.8) is 0 Å². The van der Waals surface area contributed by atoms with Crippen LogP contribution in [-0.2, 0) is 0 Å². The standard InChI is InChI=1S/C27H20F2N8O2/c1-14(36-12-19(16-9-31-27(39-2)32-10-16)22-24(30)33-13-34-25(22)36)23-21(15-4-3-5-17(28)8-15)26(38)37-11-18(29)6-7-20(37)35-23/h3-14H,1-2H3,(H2,30,33,34)/t14-/m1/s1. The van der Waals surface area contributed by atoms with Crippen LogP contribution in [0, 0.1) is 11.6 Å². The number of benzene rings is 1. The molecule has 5 aromatic heterocycles. The molecule has 0 unspecified atom stereocenters. The highest BCUT2D eigenvalue weighted by Gasteiger charge is 2.25. The van der Waals surface area contributed by atoms with Gasteiger partial charge < -0.3 is 15.0 Å². The van der Waals surface area contributed by atoms with Gasteiger partial charge in [0, 0.05) is 35.9 Å². The second-order valence-electron chi connectivity index (χ2n) is 8.81. The summed E-state index contributed by atoms with van der Waals surface area (Å²) < 4.78 is 36.3. The van der Waals surface area contributed by atoms with Gasteiger partial charge in [0.2, 0.25) is 0 Å². The van der Waals surface area contributed by atoms with Crippen molar-refractivity contribution >= 4 is 22.5 Å². The fourth-order valence-electron chi connectivity index (χ4n) is 4.66. The summed E-state index contributed by atoms with van der Waals surface area (Å²) in [6.45, 7) is 1.83. The normalized spacial score (nSPS) is 12.2. The van der Waals surface area contributed by atoms with Gasteiger partial charge in [-0.3, -0.25) is 9.20 Å². The first-order valence-corrected chi connectivity index (χ1v) is 11.8. The summed E-state index contributed by atoms with van der Waals surface area (Å²) in [4.78, 5) is 35.4. The largest absolute Gasteiger partial charge is 0.467 e. The van der Waals surface area contributed by atoms with Gasteiger partial charge in [0.15, 0.2) is 0 Å². The Balaban J connectivity index is 1.63. The van der Waals surface area contributed by atoms with Crippen LogP contribution in [-0.4, -0.2) is 41.0 Å². The number of rotatable bonds is 5. The van der Waals surface area contributed by atoms with Gasteiger partial charge in [-0.15, -0.1) is 0 Å². The van der Waals surface area contributed by atoms with Crippen molar-refractivity contribution in [1.29, 1.82) is 0 Å². The van der Waals surface area contributed by atoms with Crippen molar-refractivity contribution in [2.75, 3.05) is 12.8 Å². The van der Waals surface area contributed by atoms with Crippen molar-refractivity contribution in [3.05, 3.63) is 95.2 Å². The van der Waals surface area contributed by atoms with E-state index in [9.17, 15) is 13.6 Å². The highest BCUT2D eigenvalue weighted by Crippen LogP contribution is 2.36. The smallest absolute Gasteiger partial charge is 0.316 e. The van der Waals surface area contributed by atoms with Crippen molar-refractivity contribution in [3.8, 4) is 28.3 Å². The minimum absolute atomic E-state index is 0.128. The third-order valence-corrected chi connectivity index (χ3v) is 6.50. The molecule has 6 aromatic rings. The zero-order chi connectivity index (χ0) is 27.3. The van der Waals surface area contributed by atoms with Gasteiger partial charge in [0.25, 0.3) is 5.56 Å². The van der Waals surface area contributed by atoms with Gasteiger partial charge in [-0.05, 0) is 36.8 Å². The molecule has 0 spiro atoms. The number of ether oxygens (including phenoxy) is 1. The summed E-state index contributed by atoms with van der Waals surface area (Å²) in [5.74, 6) is -0.889. The van der Waals surface area contributed by atoms with Gasteiger partial charge in [-0.1, -0.05) is 12.1 Å². The number of hydrogen-bond donors (Lipinski definition) is 1. The van der Waals surface area contributed by atoms with Gasteiger partial charge in [0.05, 0.1) is 29.8 Å². The number of methoxy groups -OCH3 is 1. The molecule has 2 N–H and O–H groups in total. The Morgan fingerprint density at radius 2 is 1.77 bits per heavy atom. The second kappa shape index (κ2) is 9.24. The Morgan fingerprint density at radius 1 is 0.974 bits per heavy atom. The monoisotopic (exact) mass is 526 g/mol. The average molecular weight is 527 g/mol. The van der Waals surface area contributed by atoms with Crippen LogP contribution in [0.5, 0.6) is 6.01 Å². The highest BCUT2D eigenvalue weighted by molar-refractivity contribution is 6.00. The number of fused-ring (bicyclic) bond motifs is 2. The van der Waals surface area contributed by atoms with Crippen molar-refractivity contribution in [2.45, 2.75) is 13.0 Å². The van der Waals surface area contributed by atoms with E-state index in [4.69, 9.17) is 15.5 Å². The number of pyridine rings is 1. The van der Waals surface area contributed by atoms with Crippen LogP contribution < -0.4 is 16.0 Å². The minimum Gasteiger partial charge on any atom is -0.467 e. The average Bonchev–Trinajstić information content (AvgIpc) is 3.34. The number of hydrogen-bond acceptors (Lipinski definition) is 8. The Labute approximate surface area is 219 Å². The maximum atomic E-state index is 14.3. The Morgan fingerprint density at radius 3 is 2.51 bits per heavy atom. The fraction of sp³-hybridized carbons (Fsp3) is 0.111. The third-order valence-electron chi connectivity index (χ3n) is 6.50. The van der Waals surface area contributed by atoms with Gasteiger partial charge >= 0.3 is 6.01 Å². The van der Waals surface area contributed by atoms with Crippen LogP contribution >= 0.6 is 0 Å².